The lowest BCUT2D eigenvalue weighted by atomic mass is 9.83. The van der Waals surface area contributed by atoms with Gasteiger partial charge in [-0.1, -0.05) is 13.3 Å². The minimum absolute atomic E-state index is 0.365. The molecule has 82 valence electrons. The molecule has 14 heavy (non-hydrogen) atoms. The maximum atomic E-state index is 3.85. The monoisotopic (exact) mass is 213 g/mol. The average Bonchev–Trinajstić information content (AvgIpc) is 2.44. The molecule has 1 heterocycles. The Balaban J connectivity index is 1.94. The van der Waals surface area contributed by atoms with E-state index in [9.17, 15) is 0 Å². The molecule has 0 aromatic carbocycles. The summed E-state index contributed by atoms with van der Waals surface area (Å²) in [7, 11) is 0. The first-order valence-electron chi connectivity index (χ1n) is 5.99. The van der Waals surface area contributed by atoms with Crippen molar-refractivity contribution in [1.82, 2.24) is 5.32 Å². The lowest BCUT2D eigenvalue weighted by Crippen LogP contribution is -2.48. The van der Waals surface area contributed by atoms with Gasteiger partial charge in [0.2, 0.25) is 0 Å². The molecule has 2 aliphatic rings. The maximum Gasteiger partial charge on any atom is 0.0650 e. The highest BCUT2D eigenvalue weighted by atomic mass is 32.2. The first kappa shape index (κ1) is 10.8. The molecule has 1 spiro atoms. The van der Waals surface area contributed by atoms with E-state index in [0.717, 1.165) is 5.92 Å². The summed E-state index contributed by atoms with van der Waals surface area (Å²) in [6.07, 6.45) is 7.03. The second-order valence-corrected chi connectivity index (χ2v) is 7.00. The molecular weight excluding hydrogens is 190 g/mol. The van der Waals surface area contributed by atoms with Gasteiger partial charge in [-0.25, -0.2) is 0 Å². The number of hydrogen-bond acceptors (Lipinski definition) is 2. The maximum absolute atomic E-state index is 3.85. The van der Waals surface area contributed by atoms with Crippen molar-refractivity contribution >= 4 is 11.8 Å². The Hall–Kier alpha value is 0.310. The standard InChI is InChI=1S/C12H23NS/c1-4-10-5-7-12(8-6-10)13-11(2,3)9-14-12/h10,13H,4-9H2,1-3H3. The topological polar surface area (TPSA) is 12.0 Å². The van der Waals surface area contributed by atoms with Crippen molar-refractivity contribution in [1.29, 1.82) is 0 Å². The lowest BCUT2D eigenvalue weighted by molar-refractivity contribution is 0.239. The summed E-state index contributed by atoms with van der Waals surface area (Å²) in [5.74, 6) is 2.29. The molecule has 0 aromatic rings. The zero-order chi connectivity index (χ0) is 10.2. The van der Waals surface area contributed by atoms with E-state index < -0.39 is 0 Å². The number of nitrogens with one attached hydrogen (secondary N) is 1. The summed E-state index contributed by atoms with van der Waals surface area (Å²) >= 11 is 2.17. The lowest BCUT2D eigenvalue weighted by Gasteiger charge is -2.38. The van der Waals surface area contributed by atoms with Crippen LogP contribution in [-0.4, -0.2) is 16.2 Å². The van der Waals surface area contributed by atoms with Crippen LogP contribution in [-0.2, 0) is 0 Å². The zero-order valence-corrected chi connectivity index (χ0v) is 10.5. The van der Waals surface area contributed by atoms with Crippen LogP contribution in [0.5, 0.6) is 0 Å². The van der Waals surface area contributed by atoms with Crippen molar-refractivity contribution in [2.75, 3.05) is 5.75 Å². The Labute approximate surface area is 92.4 Å². The molecule has 1 nitrogen and oxygen atoms in total. The third-order valence-electron chi connectivity index (χ3n) is 3.77. The van der Waals surface area contributed by atoms with Crippen LogP contribution in [0, 0.1) is 5.92 Å². The molecule has 2 rings (SSSR count). The zero-order valence-electron chi connectivity index (χ0n) is 9.73. The van der Waals surface area contributed by atoms with Gasteiger partial charge in [0.15, 0.2) is 0 Å². The number of thioether (sulfide) groups is 1. The quantitative estimate of drug-likeness (QED) is 0.716. The molecular formula is C12H23NS. The smallest absolute Gasteiger partial charge is 0.0650 e. The van der Waals surface area contributed by atoms with Crippen LogP contribution < -0.4 is 5.32 Å². The molecule has 0 atom stereocenters. The second kappa shape index (κ2) is 3.71. The molecule has 1 aliphatic heterocycles. The van der Waals surface area contributed by atoms with Gasteiger partial charge in [-0.2, -0.15) is 0 Å². The first-order chi connectivity index (χ1) is 6.55. The Morgan fingerprint density at radius 3 is 2.36 bits per heavy atom. The highest BCUT2D eigenvalue weighted by molar-refractivity contribution is 8.00. The van der Waals surface area contributed by atoms with Gasteiger partial charge in [0.05, 0.1) is 4.87 Å². The van der Waals surface area contributed by atoms with Gasteiger partial charge >= 0.3 is 0 Å². The number of rotatable bonds is 1. The van der Waals surface area contributed by atoms with Gasteiger partial charge in [0.25, 0.3) is 0 Å². The van der Waals surface area contributed by atoms with E-state index in [1.165, 1.54) is 37.9 Å². The summed E-state index contributed by atoms with van der Waals surface area (Å²) in [6, 6.07) is 0. The number of hydrogen-bond donors (Lipinski definition) is 1. The van der Waals surface area contributed by atoms with E-state index >= 15 is 0 Å². The molecule has 0 aromatic heterocycles. The highest BCUT2D eigenvalue weighted by Crippen LogP contribution is 2.46. The van der Waals surface area contributed by atoms with Crippen LogP contribution in [0.2, 0.25) is 0 Å². The average molecular weight is 213 g/mol. The molecule has 0 bridgehead atoms. The summed E-state index contributed by atoms with van der Waals surface area (Å²) < 4.78 is 0. The normalized spacial score (nSPS) is 41.8. The summed E-state index contributed by atoms with van der Waals surface area (Å²) in [5.41, 5.74) is 0.365. The summed E-state index contributed by atoms with van der Waals surface area (Å²) in [6.45, 7) is 7.00. The Morgan fingerprint density at radius 1 is 1.29 bits per heavy atom. The fourth-order valence-corrected chi connectivity index (χ4v) is 4.41. The minimum Gasteiger partial charge on any atom is -0.297 e. The van der Waals surface area contributed by atoms with Crippen molar-refractivity contribution in [2.45, 2.75) is 63.3 Å². The minimum atomic E-state index is 0.365. The van der Waals surface area contributed by atoms with Crippen molar-refractivity contribution in [3.63, 3.8) is 0 Å². The van der Waals surface area contributed by atoms with Crippen LogP contribution in [0.4, 0.5) is 0 Å². The SMILES string of the molecule is CCC1CCC2(CC1)NC(C)(C)CS2. The molecule has 1 saturated carbocycles. The summed E-state index contributed by atoms with van der Waals surface area (Å²) in [5, 5.41) is 3.85. The predicted molar refractivity (Wildman–Crippen MR) is 64.7 cm³/mol. The fraction of sp³-hybridized carbons (Fsp3) is 1.00. The van der Waals surface area contributed by atoms with E-state index in [1.807, 2.05) is 0 Å². The molecule has 0 radical (unpaired) electrons. The van der Waals surface area contributed by atoms with Crippen LogP contribution in [0.3, 0.4) is 0 Å². The molecule has 1 saturated heterocycles. The molecule has 1 aliphatic carbocycles. The van der Waals surface area contributed by atoms with Gasteiger partial charge in [-0.05, 0) is 45.4 Å². The molecule has 0 unspecified atom stereocenters. The van der Waals surface area contributed by atoms with Gasteiger partial charge in [-0.15, -0.1) is 11.8 Å². The summed E-state index contributed by atoms with van der Waals surface area (Å²) in [4.78, 5) is 0.454. The molecule has 2 heteroatoms. The van der Waals surface area contributed by atoms with E-state index in [2.05, 4.69) is 37.8 Å². The van der Waals surface area contributed by atoms with E-state index in [-0.39, 0.29) is 0 Å². The Kier molecular flexibility index (Phi) is 2.87. The van der Waals surface area contributed by atoms with Crippen molar-refractivity contribution < 1.29 is 0 Å². The fourth-order valence-electron chi connectivity index (χ4n) is 2.83. The second-order valence-electron chi connectivity index (χ2n) is 5.64. The van der Waals surface area contributed by atoms with Gasteiger partial charge in [0, 0.05) is 11.3 Å². The van der Waals surface area contributed by atoms with Crippen molar-refractivity contribution in [3.05, 3.63) is 0 Å². The highest BCUT2D eigenvalue weighted by Gasteiger charge is 2.44. The van der Waals surface area contributed by atoms with Crippen LogP contribution in [0.1, 0.15) is 52.9 Å². The third kappa shape index (κ3) is 2.11. The van der Waals surface area contributed by atoms with Crippen LogP contribution >= 0.6 is 11.8 Å². The third-order valence-corrected chi connectivity index (χ3v) is 5.69. The largest absolute Gasteiger partial charge is 0.297 e. The van der Waals surface area contributed by atoms with Gasteiger partial charge in [0.1, 0.15) is 0 Å². The van der Waals surface area contributed by atoms with Gasteiger partial charge in [-0.3, -0.25) is 5.32 Å². The van der Waals surface area contributed by atoms with Crippen molar-refractivity contribution in [3.8, 4) is 0 Å². The van der Waals surface area contributed by atoms with Gasteiger partial charge < -0.3 is 0 Å². The van der Waals surface area contributed by atoms with E-state index in [4.69, 9.17) is 0 Å². The van der Waals surface area contributed by atoms with Crippen LogP contribution in [0.15, 0.2) is 0 Å². The Morgan fingerprint density at radius 2 is 1.93 bits per heavy atom. The molecule has 1 N–H and O–H groups in total. The Bertz CT molecular complexity index is 204. The van der Waals surface area contributed by atoms with E-state index in [0.29, 0.717) is 10.4 Å². The van der Waals surface area contributed by atoms with Crippen LogP contribution in [0.25, 0.3) is 0 Å². The predicted octanol–water partition coefficient (Wildman–Crippen LogP) is 3.40. The molecule has 0 amide bonds. The van der Waals surface area contributed by atoms with Crippen molar-refractivity contribution in [2.24, 2.45) is 5.92 Å². The molecule has 2 fully saturated rings. The first-order valence-corrected chi connectivity index (χ1v) is 6.97. The van der Waals surface area contributed by atoms with E-state index in [1.54, 1.807) is 0 Å².